The van der Waals surface area contributed by atoms with Gasteiger partial charge in [-0.1, -0.05) is 5.16 Å². The van der Waals surface area contributed by atoms with E-state index in [-0.39, 0.29) is 5.91 Å². The van der Waals surface area contributed by atoms with Crippen molar-refractivity contribution in [3.8, 4) is 11.3 Å². The van der Waals surface area contributed by atoms with Gasteiger partial charge in [0.2, 0.25) is 0 Å². The smallest absolute Gasteiger partial charge is 0.259 e. The summed E-state index contributed by atoms with van der Waals surface area (Å²) in [6.45, 7) is 5.92. The maximum atomic E-state index is 12.9. The number of furan rings is 1. The zero-order valence-corrected chi connectivity index (χ0v) is 15.2. The Labute approximate surface area is 155 Å². The van der Waals surface area contributed by atoms with Crippen LogP contribution in [-0.4, -0.2) is 21.0 Å². The number of aromatic nitrogens is 3. The molecule has 136 valence electrons. The van der Waals surface area contributed by atoms with Gasteiger partial charge in [-0.2, -0.15) is 0 Å². The van der Waals surface area contributed by atoms with E-state index in [9.17, 15) is 4.79 Å². The van der Waals surface area contributed by atoms with Crippen LogP contribution < -0.4 is 5.32 Å². The number of aryl methyl sites for hydroxylation is 3. The number of nitrogens with one attached hydrogen (secondary N) is 1. The van der Waals surface area contributed by atoms with Gasteiger partial charge in [0.25, 0.3) is 11.6 Å². The van der Waals surface area contributed by atoms with Gasteiger partial charge in [0.05, 0.1) is 22.3 Å². The second-order valence-corrected chi connectivity index (χ2v) is 6.37. The standard InChI is InChI=1S/C20H18N4O3/c1-11-8-15(13(3)26-11)17-9-16(18-12(2)24-27-20(18)23-17)19(25)22-10-14-4-6-21-7-5-14/h4-9H,10H2,1-3H3,(H,22,25). The fourth-order valence-corrected chi connectivity index (χ4v) is 3.08. The molecule has 0 fully saturated rings. The molecular formula is C20H18N4O3. The van der Waals surface area contributed by atoms with E-state index in [4.69, 9.17) is 8.94 Å². The molecule has 0 aliphatic heterocycles. The minimum absolute atomic E-state index is 0.218. The SMILES string of the molecule is Cc1cc(-c2cc(C(=O)NCc3ccncc3)c3c(C)noc3n2)c(C)o1. The second-order valence-electron chi connectivity index (χ2n) is 6.37. The maximum Gasteiger partial charge on any atom is 0.259 e. The summed E-state index contributed by atoms with van der Waals surface area (Å²) in [5.41, 5.74) is 3.83. The van der Waals surface area contributed by atoms with Crippen molar-refractivity contribution in [2.24, 2.45) is 0 Å². The van der Waals surface area contributed by atoms with Crippen molar-refractivity contribution in [2.75, 3.05) is 0 Å². The van der Waals surface area contributed by atoms with E-state index in [0.29, 0.717) is 34.6 Å². The van der Waals surface area contributed by atoms with Crippen LogP contribution in [-0.2, 0) is 6.54 Å². The lowest BCUT2D eigenvalue weighted by molar-refractivity contribution is 0.0952. The largest absolute Gasteiger partial charge is 0.466 e. The van der Waals surface area contributed by atoms with Crippen LogP contribution in [0.25, 0.3) is 22.4 Å². The first-order valence-corrected chi connectivity index (χ1v) is 8.54. The summed E-state index contributed by atoms with van der Waals surface area (Å²) in [5.74, 6) is 1.30. The van der Waals surface area contributed by atoms with Crippen molar-refractivity contribution >= 4 is 17.0 Å². The van der Waals surface area contributed by atoms with Crippen molar-refractivity contribution < 1.29 is 13.7 Å². The average Bonchev–Trinajstić information content (AvgIpc) is 3.21. The van der Waals surface area contributed by atoms with E-state index in [2.05, 4.69) is 20.4 Å². The third-order valence-electron chi connectivity index (χ3n) is 4.38. The number of pyridine rings is 2. The molecule has 4 aromatic heterocycles. The third-order valence-corrected chi connectivity index (χ3v) is 4.38. The number of amides is 1. The maximum absolute atomic E-state index is 12.9. The number of carbonyl (C=O) groups excluding carboxylic acids is 1. The molecule has 7 heteroatoms. The first-order chi connectivity index (χ1) is 13.0. The van der Waals surface area contributed by atoms with Crippen LogP contribution in [0.5, 0.6) is 0 Å². The van der Waals surface area contributed by atoms with Gasteiger partial charge in [0, 0.05) is 24.5 Å². The van der Waals surface area contributed by atoms with E-state index < -0.39 is 0 Å². The molecule has 0 bridgehead atoms. The number of hydrogen-bond donors (Lipinski definition) is 1. The van der Waals surface area contributed by atoms with Gasteiger partial charge < -0.3 is 14.3 Å². The number of rotatable bonds is 4. The zero-order valence-electron chi connectivity index (χ0n) is 15.2. The fourth-order valence-electron chi connectivity index (χ4n) is 3.08. The van der Waals surface area contributed by atoms with Crippen molar-refractivity contribution in [3.05, 3.63) is 65.0 Å². The zero-order chi connectivity index (χ0) is 19.0. The first-order valence-electron chi connectivity index (χ1n) is 8.54. The van der Waals surface area contributed by atoms with E-state index in [1.54, 1.807) is 25.4 Å². The molecule has 1 N–H and O–H groups in total. The Bertz CT molecular complexity index is 1130. The van der Waals surface area contributed by atoms with Crippen LogP contribution in [0.15, 0.2) is 45.6 Å². The summed E-state index contributed by atoms with van der Waals surface area (Å²) >= 11 is 0. The highest BCUT2D eigenvalue weighted by molar-refractivity contribution is 6.07. The molecule has 0 saturated carbocycles. The summed E-state index contributed by atoms with van der Waals surface area (Å²) in [6.07, 6.45) is 3.39. The van der Waals surface area contributed by atoms with Gasteiger partial charge >= 0.3 is 0 Å². The topological polar surface area (TPSA) is 94.1 Å². The highest BCUT2D eigenvalue weighted by Gasteiger charge is 2.20. The Morgan fingerprint density at radius 1 is 1.15 bits per heavy atom. The van der Waals surface area contributed by atoms with Gasteiger partial charge in [-0.05, 0) is 50.6 Å². The van der Waals surface area contributed by atoms with Crippen LogP contribution in [0, 0.1) is 20.8 Å². The molecule has 0 radical (unpaired) electrons. The minimum Gasteiger partial charge on any atom is -0.466 e. The van der Waals surface area contributed by atoms with Gasteiger partial charge in [-0.3, -0.25) is 9.78 Å². The summed E-state index contributed by atoms with van der Waals surface area (Å²) in [5, 5.41) is 7.52. The van der Waals surface area contributed by atoms with Crippen molar-refractivity contribution in [1.29, 1.82) is 0 Å². The summed E-state index contributed by atoms with van der Waals surface area (Å²) in [6, 6.07) is 7.36. The second kappa shape index (κ2) is 6.68. The molecule has 4 rings (SSSR count). The Kier molecular flexibility index (Phi) is 4.19. The van der Waals surface area contributed by atoms with E-state index >= 15 is 0 Å². The number of fused-ring (bicyclic) bond motifs is 1. The van der Waals surface area contributed by atoms with Crippen LogP contribution in [0.4, 0.5) is 0 Å². The molecule has 1 amide bonds. The van der Waals surface area contributed by atoms with Crippen molar-refractivity contribution in [2.45, 2.75) is 27.3 Å². The molecule has 0 unspecified atom stereocenters. The Balaban J connectivity index is 1.75. The Morgan fingerprint density at radius 3 is 2.63 bits per heavy atom. The quantitative estimate of drug-likeness (QED) is 0.594. The highest BCUT2D eigenvalue weighted by atomic mass is 16.5. The molecule has 0 atom stereocenters. The van der Waals surface area contributed by atoms with E-state index in [1.165, 1.54) is 0 Å². The normalized spacial score (nSPS) is 11.1. The van der Waals surface area contributed by atoms with Crippen LogP contribution in [0.2, 0.25) is 0 Å². The minimum atomic E-state index is -0.218. The molecule has 4 heterocycles. The average molecular weight is 362 g/mol. The lowest BCUT2D eigenvalue weighted by atomic mass is 10.1. The highest BCUT2D eigenvalue weighted by Crippen LogP contribution is 2.30. The van der Waals surface area contributed by atoms with Crippen molar-refractivity contribution in [3.63, 3.8) is 0 Å². The Hall–Kier alpha value is -3.48. The van der Waals surface area contributed by atoms with Gasteiger partial charge in [0.15, 0.2) is 0 Å². The van der Waals surface area contributed by atoms with Gasteiger partial charge in [-0.25, -0.2) is 4.98 Å². The molecule has 4 aromatic rings. The van der Waals surface area contributed by atoms with E-state index in [1.807, 2.05) is 32.0 Å². The predicted octanol–water partition coefficient (Wildman–Crippen LogP) is 3.73. The molecule has 0 aromatic carbocycles. The van der Waals surface area contributed by atoms with E-state index in [0.717, 1.165) is 22.6 Å². The molecule has 0 aliphatic rings. The molecule has 0 spiro atoms. The van der Waals surface area contributed by atoms with Gasteiger partial charge in [-0.15, -0.1) is 0 Å². The fraction of sp³-hybridized carbons (Fsp3) is 0.200. The number of hydrogen-bond acceptors (Lipinski definition) is 6. The van der Waals surface area contributed by atoms with Crippen molar-refractivity contribution in [1.82, 2.24) is 20.4 Å². The third kappa shape index (κ3) is 3.19. The molecule has 0 aliphatic carbocycles. The van der Waals surface area contributed by atoms with Crippen LogP contribution in [0.1, 0.15) is 33.1 Å². The Morgan fingerprint density at radius 2 is 1.93 bits per heavy atom. The summed E-state index contributed by atoms with van der Waals surface area (Å²) in [7, 11) is 0. The number of carbonyl (C=O) groups is 1. The summed E-state index contributed by atoms with van der Waals surface area (Å²) in [4.78, 5) is 21.4. The monoisotopic (exact) mass is 362 g/mol. The first kappa shape index (κ1) is 17.0. The molecule has 0 saturated heterocycles. The lowest BCUT2D eigenvalue weighted by Gasteiger charge is -2.08. The predicted molar refractivity (Wildman–Crippen MR) is 99.1 cm³/mol. The molecule has 27 heavy (non-hydrogen) atoms. The summed E-state index contributed by atoms with van der Waals surface area (Å²) < 4.78 is 10.9. The lowest BCUT2D eigenvalue weighted by Crippen LogP contribution is -2.23. The number of nitrogens with zero attached hydrogens (tertiary/aromatic N) is 3. The molecule has 7 nitrogen and oxygen atoms in total. The van der Waals surface area contributed by atoms with Crippen LogP contribution >= 0.6 is 0 Å². The van der Waals surface area contributed by atoms with Gasteiger partial charge in [0.1, 0.15) is 11.5 Å². The van der Waals surface area contributed by atoms with Crippen LogP contribution in [0.3, 0.4) is 0 Å². The molecular weight excluding hydrogens is 344 g/mol.